The van der Waals surface area contributed by atoms with E-state index in [9.17, 15) is 9.59 Å². The predicted octanol–water partition coefficient (Wildman–Crippen LogP) is 4.31. The van der Waals surface area contributed by atoms with Crippen LogP contribution in [0.1, 0.15) is 31.8 Å². The molecule has 0 fully saturated rings. The summed E-state index contributed by atoms with van der Waals surface area (Å²) in [5.74, 6) is -0.624. The van der Waals surface area contributed by atoms with Crippen LogP contribution in [0.5, 0.6) is 0 Å². The number of anilines is 1. The van der Waals surface area contributed by atoms with Crippen LogP contribution in [-0.4, -0.2) is 11.6 Å². The first kappa shape index (κ1) is 17.3. The van der Waals surface area contributed by atoms with Crippen LogP contribution in [0.2, 0.25) is 0 Å². The van der Waals surface area contributed by atoms with Crippen LogP contribution in [0.4, 0.5) is 5.69 Å². The summed E-state index contributed by atoms with van der Waals surface area (Å²) in [5, 5.41) is 0. The van der Waals surface area contributed by atoms with Crippen molar-refractivity contribution in [2.75, 3.05) is 5.73 Å². The summed E-state index contributed by atoms with van der Waals surface area (Å²) in [4.78, 5) is 27.1. The topological polar surface area (TPSA) is 60.2 Å². The maximum absolute atomic E-state index is 13.0. The number of carbonyl (C=O) groups is 2. The molecule has 2 N–H and O–H groups in total. The van der Waals surface area contributed by atoms with Crippen LogP contribution in [0.3, 0.4) is 0 Å². The highest BCUT2D eigenvalue weighted by atomic mass is 32.1. The van der Waals surface area contributed by atoms with E-state index in [2.05, 4.69) is 25.3 Å². The van der Waals surface area contributed by atoms with E-state index in [1.165, 1.54) is 0 Å². The second-order valence-corrected chi connectivity index (χ2v) is 6.43. The predicted molar refractivity (Wildman–Crippen MR) is 105 cm³/mol. The van der Waals surface area contributed by atoms with Gasteiger partial charge in [-0.25, -0.2) is 0 Å². The molecule has 0 aliphatic carbocycles. The number of hydrogen-bond donors (Lipinski definition) is 3. The average molecular weight is 365 g/mol. The molecule has 3 nitrogen and oxygen atoms in total. The minimum absolute atomic E-state index is 0.186. The van der Waals surface area contributed by atoms with Crippen LogP contribution < -0.4 is 5.73 Å². The second-order valence-electron chi connectivity index (χ2n) is 5.46. The van der Waals surface area contributed by atoms with Gasteiger partial charge in [0.25, 0.3) is 0 Å². The van der Waals surface area contributed by atoms with Gasteiger partial charge in [0.1, 0.15) is 0 Å². The third kappa shape index (κ3) is 3.34. The SMILES string of the molecule is Nc1cccc(C(=O)c2ccccc2S)c1C(=O)c1ccccc1S. The van der Waals surface area contributed by atoms with Gasteiger partial charge in [-0.3, -0.25) is 9.59 Å². The van der Waals surface area contributed by atoms with Crippen LogP contribution in [0.15, 0.2) is 76.5 Å². The third-order valence-electron chi connectivity index (χ3n) is 3.87. The fourth-order valence-corrected chi connectivity index (χ4v) is 3.15. The number of rotatable bonds is 4. The lowest BCUT2D eigenvalue weighted by atomic mass is 9.92. The Morgan fingerprint density at radius 2 is 1.12 bits per heavy atom. The number of ketones is 2. The van der Waals surface area contributed by atoms with Gasteiger partial charge in [-0.2, -0.15) is 0 Å². The van der Waals surface area contributed by atoms with Crippen molar-refractivity contribution < 1.29 is 9.59 Å². The highest BCUT2D eigenvalue weighted by Crippen LogP contribution is 2.27. The molecule has 0 amide bonds. The molecule has 0 unspecified atom stereocenters. The Kier molecular flexibility index (Phi) is 4.97. The molecule has 0 aliphatic rings. The number of carbonyl (C=O) groups excluding carboxylic acids is 2. The maximum Gasteiger partial charge on any atom is 0.196 e. The van der Waals surface area contributed by atoms with Gasteiger partial charge in [-0.1, -0.05) is 36.4 Å². The van der Waals surface area contributed by atoms with Crippen molar-refractivity contribution in [3.63, 3.8) is 0 Å². The molecule has 0 radical (unpaired) electrons. The van der Waals surface area contributed by atoms with Crippen molar-refractivity contribution >= 4 is 42.5 Å². The summed E-state index contributed by atoms with van der Waals surface area (Å²) in [5.41, 5.74) is 7.56. The van der Waals surface area contributed by atoms with E-state index in [0.29, 0.717) is 20.9 Å². The molecule has 0 atom stereocenters. The van der Waals surface area contributed by atoms with Crippen molar-refractivity contribution in [3.8, 4) is 0 Å². The molecular formula is C20H15NO2S2. The van der Waals surface area contributed by atoms with Crippen LogP contribution in [0.25, 0.3) is 0 Å². The Hall–Kier alpha value is -2.50. The van der Waals surface area contributed by atoms with Crippen LogP contribution >= 0.6 is 25.3 Å². The molecule has 0 aliphatic heterocycles. The Bertz CT molecular complexity index is 983. The summed E-state index contributed by atoms with van der Waals surface area (Å²) in [6.45, 7) is 0. The highest BCUT2D eigenvalue weighted by molar-refractivity contribution is 7.80. The molecule has 0 aromatic heterocycles. The standard InChI is InChI=1S/C20H15NO2S2/c21-15-9-5-8-14(19(22)12-6-1-3-10-16(12)24)18(15)20(23)13-7-2-4-11-17(13)25/h1-11,24-25H,21H2. The smallest absolute Gasteiger partial charge is 0.196 e. The maximum atomic E-state index is 13.0. The quantitative estimate of drug-likeness (QED) is 0.367. The number of benzene rings is 3. The average Bonchev–Trinajstić information content (AvgIpc) is 2.61. The fourth-order valence-electron chi connectivity index (χ4n) is 2.62. The lowest BCUT2D eigenvalue weighted by Gasteiger charge is -2.13. The summed E-state index contributed by atoms with van der Waals surface area (Å²) in [6, 6.07) is 18.7. The number of hydrogen-bond acceptors (Lipinski definition) is 5. The molecule has 0 bridgehead atoms. The molecule has 3 rings (SSSR count). The van der Waals surface area contributed by atoms with Gasteiger partial charge < -0.3 is 5.73 Å². The third-order valence-corrected chi connectivity index (χ3v) is 4.65. The van der Waals surface area contributed by atoms with Gasteiger partial charge in [-0.15, -0.1) is 25.3 Å². The summed E-state index contributed by atoms with van der Waals surface area (Å²) in [6.07, 6.45) is 0. The number of nitrogen functional groups attached to an aromatic ring is 1. The Balaban J connectivity index is 2.16. The van der Waals surface area contributed by atoms with E-state index in [-0.39, 0.29) is 28.4 Å². The first-order valence-electron chi connectivity index (χ1n) is 7.54. The van der Waals surface area contributed by atoms with Crippen LogP contribution in [0, 0.1) is 0 Å². The van der Waals surface area contributed by atoms with Crippen molar-refractivity contribution in [3.05, 3.63) is 89.0 Å². The molecule has 124 valence electrons. The van der Waals surface area contributed by atoms with E-state index < -0.39 is 0 Å². The lowest BCUT2D eigenvalue weighted by molar-refractivity contribution is 0.100. The summed E-state index contributed by atoms with van der Waals surface area (Å²) >= 11 is 8.67. The summed E-state index contributed by atoms with van der Waals surface area (Å²) < 4.78 is 0. The number of nitrogens with two attached hydrogens (primary N) is 1. The van der Waals surface area contributed by atoms with E-state index in [1.807, 2.05) is 0 Å². The van der Waals surface area contributed by atoms with Gasteiger partial charge in [-0.05, 0) is 30.3 Å². The van der Waals surface area contributed by atoms with Gasteiger partial charge in [0, 0.05) is 32.2 Å². The van der Waals surface area contributed by atoms with Crippen molar-refractivity contribution in [1.82, 2.24) is 0 Å². The molecule has 3 aromatic carbocycles. The van der Waals surface area contributed by atoms with Gasteiger partial charge in [0.2, 0.25) is 0 Å². The molecule has 0 saturated carbocycles. The van der Waals surface area contributed by atoms with E-state index in [0.717, 1.165) is 0 Å². The first-order chi connectivity index (χ1) is 12.0. The van der Waals surface area contributed by atoms with Gasteiger partial charge in [0.05, 0.1) is 5.56 Å². The van der Waals surface area contributed by atoms with Gasteiger partial charge in [0.15, 0.2) is 11.6 Å². The van der Waals surface area contributed by atoms with E-state index >= 15 is 0 Å². The van der Waals surface area contributed by atoms with E-state index in [4.69, 9.17) is 5.73 Å². The van der Waals surface area contributed by atoms with E-state index in [1.54, 1.807) is 66.7 Å². The normalized spacial score (nSPS) is 10.5. The minimum Gasteiger partial charge on any atom is -0.398 e. The zero-order valence-electron chi connectivity index (χ0n) is 13.1. The molecule has 0 saturated heterocycles. The molecular weight excluding hydrogens is 350 g/mol. The molecule has 25 heavy (non-hydrogen) atoms. The zero-order chi connectivity index (χ0) is 18.0. The monoisotopic (exact) mass is 365 g/mol. The van der Waals surface area contributed by atoms with Crippen molar-refractivity contribution in [2.45, 2.75) is 9.79 Å². The molecule has 0 heterocycles. The molecule has 5 heteroatoms. The zero-order valence-corrected chi connectivity index (χ0v) is 14.9. The number of thiol groups is 2. The van der Waals surface area contributed by atoms with Crippen molar-refractivity contribution in [1.29, 1.82) is 0 Å². The van der Waals surface area contributed by atoms with Crippen LogP contribution in [-0.2, 0) is 0 Å². The van der Waals surface area contributed by atoms with Crippen molar-refractivity contribution in [2.24, 2.45) is 0 Å². The fraction of sp³-hybridized carbons (Fsp3) is 0. The Morgan fingerprint density at radius 1 is 0.640 bits per heavy atom. The minimum atomic E-state index is -0.330. The molecule has 0 spiro atoms. The highest BCUT2D eigenvalue weighted by Gasteiger charge is 2.23. The summed E-state index contributed by atoms with van der Waals surface area (Å²) in [7, 11) is 0. The lowest BCUT2D eigenvalue weighted by Crippen LogP contribution is -2.14. The largest absolute Gasteiger partial charge is 0.398 e. The van der Waals surface area contributed by atoms with Gasteiger partial charge >= 0.3 is 0 Å². The second kappa shape index (κ2) is 7.17. The Labute approximate surface area is 156 Å². The molecule has 3 aromatic rings. The Morgan fingerprint density at radius 3 is 1.68 bits per heavy atom. The first-order valence-corrected chi connectivity index (χ1v) is 8.44.